The van der Waals surface area contributed by atoms with Crippen LogP contribution in [0.1, 0.15) is 32.1 Å². The molecule has 0 bridgehead atoms. The van der Waals surface area contributed by atoms with E-state index in [4.69, 9.17) is 9.84 Å². The Morgan fingerprint density at radius 2 is 1.88 bits per heavy atom. The lowest BCUT2D eigenvalue weighted by molar-refractivity contribution is 0.0981. The molecule has 6 heteroatoms. The maximum Gasteiger partial charge on any atom is 0.214 e. The summed E-state index contributed by atoms with van der Waals surface area (Å²) in [7, 11) is -3.16. The fourth-order valence-electron chi connectivity index (χ4n) is 1.73. The highest BCUT2D eigenvalue weighted by Crippen LogP contribution is 2.14. The average Bonchev–Trinajstić information content (AvgIpc) is 2.30. The van der Waals surface area contributed by atoms with Gasteiger partial charge >= 0.3 is 0 Å². The summed E-state index contributed by atoms with van der Waals surface area (Å²) in [6.07, 6.45) is 3.55. The van der Waals surface area contributed by atoms with E-state index in [0.717, 1.165) is 19.3 Å². The van der Waals surface area contributed by atoms with Crippen molar-refractivity contribution in [2.75, 3.05) is 26.4 Å². The molecule has 2 N–H and O–H groups in total. The predicted octanol–water partition coefficient (Wildman–Crippen LogP) is 0.247. The van der Waals surface area contributed by atoms with Gasteiger partial charge in [-0.15, -0.1) is 0 Å². The Kier molecular flexibility index (Phi) is 6.26. The fourth-order valence-corrected chi connectivity index (χ4v) is 3.21. The van der Waals surface area contributed by atoms with Crippen LogP contribution in [0.4, 0.5) is 0 Å². The van der Waals surface area contributed by atoms with Crippen LogP contribution < -0.4 is 4.72 Å². The second-order valence-electron chi connectivity index (χ2n) is 4.04. The molecule has 0 aromatic rings. The summed E-state index contributed by atoms with van der Waals surface area (Å²) in [5.41, 5.74) is 0. The lowest BCUT2D eigenvalue weighted by Crippen LogP contribution is -2.38. The van der Waals surface area contributed by atoms with Crippen LogP contribution in [0.25, 0.3) is 0 Å². The second kappa shape index (κ2) is 7.21. The second-order valence-corrected chi connectivity index (χ2v) is 6.08. The van der Waals surface area contributed by atoms with Gasteiger partial charge in [-0.3, -0.25) is 0 Å². The average molecular weight is 251 g/mol. The van der Waals surface area contributed by atoms with Crippen LogP contribution in [0, 0.1) is 0 Å². The zero-order valence-corrected chi connectivity index (χ0v) is 10.3. The Morgan fingerprint density at radius 1 is 1.19 bits per heavy atom. The number of ether oxygens (including phenoxy) is 1. The summed E-state index contributed by atoms with van der Waals surface area (Å²) in [5.74, 6) is 0. The van der Waals surface area contributed by atoms with Crippen molar-refractivity contribution >= 4 is 10.0 Å². The molecule has 16 heavy (non-hydrogen) atoms. The van der Waals surface area contributed by atoms with Gasteiger partial charge in [0.05, 0.1) is 5.25 Å². The quantitative estimate of drug-likeness (QED) is 0.636. The van der Waals surface area contributed by atoms with Gasteiger partial charge in [0, 0.05) is 26.4 Å². The molecule has 0 radical (unpaired) electrons. The SMILES string of the molecule is O=S(=O)(NCCCCCO)C1CCOCC1. The van der Waals surface area contributed by atoms with Gasteiger partial charge in [-0.05, 0) is 32.1 Å². The smallest absolute Gasteiger partial charge is 0.214 e. The monoisotopic (exact) mass is 251 g/mol. The Labute approximate surface area is 97.2 Å². The fraction of sp³-hybridized carbons (Fsp3) is 1.00. The van der Waals surface area contributed by atoms with Gasteiger partial charge in [-0.2, -0.15) is 0 Å². The van der Waals surface area contributed by atoms with Crippen LogP contribution in [0.5, 0.6) is 0 Å². The van der Waals surface area contributed by atoms with Gasteiger partial charge in [-0.25, -0.2) is 13.1 Å². The molecule has 0 aromatic carbocycles. The molecule has 0 amide bonds. The van der Waals surface area contributed by atoms with Gasteiger partial charge < -0.3 is 9.84 Å². The van der Waals surface area contributed by atoms with E-state index in [1.807, 2.05) is 0 Å². The Balaban J connectivity index is 2.22. The highest BCUT2D eigenvalue weighted by atomic mass is 32.2. The first kappa shape index (κ1) is 13.9. The first-order valence-corrected chi connectivity index (χ1v) is 7.38. The van der Waals surface area contributed by atoms with E-state index in [1.54, 1.807) is 0 Å². The number of hydrogen-bond acceptors (Lipinski definition) is 4. The van der Waals surface area contributed by atoms with Gasteiger partial charge in [-0.1, -0.05) is 0 Å². The molecular formula is C10H21NO4S. The minimum atomic E-state index is -3.16. The molecule has 1 fully saturated rings. The topological polar surface area (TPSA) is 75.6 Å². The Hall–Kier alpha value is -0.170. The van der Waals surface area contributed by atoms with Gasteiger partial charge in [0.2, 0.25) is 10.0 Å². The molecule has 0 spiro atoms. The largest absolute Gasteiger partial charge is 0.396 e. The van der Waals surface area contributed by atoms with E-state index in [0.29, 0.717) is 32.6 Å². The number of aliphatic hydroxyl groups excluding tert-OH is 1. The summed E-state index contributed by atoms with van der Waals surface area (Å²) in [6.45, 7) is 1.72. The third kappa shape index (κ3) is 4.78. The molecule has 0 aromatic heterocycles. The van der Waals surface area contributed by atoms with Crippen molar-refractivity contribution in [3.63, 3.8) is 0 Å². The molecule has 1 aliphatic rings. The molecule has 1 aliphatic heterocycles. The minimum Gasteiger partial charge on any atom is -0.396 e. The van der Waals surface area contributed by atoms with Crippen LogP contribution >= 0.6 is 0 Å². The van der Waals surface area contributed by atoms with Crippen LogP contribution in [-0.2, 0) is 14.8 Å². The number of hydrogen-bond donors (Lipinski definition) is 2. The van der Waals surface area contributed by atoms with E-state index < -0.39 is 10.0 Å². The van der Waals surface area contributed by atoms with E-state index in [-0.39, 0.29) is 11.9 Å². The van der Waals surface area contributed by atoms with Gasteiger partial charge in [0.15, 0.2) is 0 Å². The van der Waals surface area contributed by atoms with Crippen molar-refractivity contribution < 1.29 is 18.3 Å². The molecule has 1 heterocycles. The first-order chi connectivity index (χ1) is 7.67. The summed E-state index contributed by atoms with van der Waals surface area (Å²) in [6, 6.07) is 0. The van der Waals surface area contributed by atoms with E-state index >= 15 is 0 Å². The lowest BCUT2D eigenvalue weighted by atomic mass is 10.2. The first-order valence-electron chi connectivity index (χ1n) is 5.84. The summed E-state index contributed by atoms with van der Waals surface area (Å²) in [4.78, 5) is 0. The predicted molar refractivity (Wildman–Crippen MR) is 61.7 cm³/mol. The van der Waals surface area contributed by atoms with Gasteiger partial charge in [0.25, 0.3) is 0 Å². The summed E-state index contributed by atoms with van der Waals surface area (Å²) < 4.78 is 31.4. The van der Waals surface area contributed by atoms with E-state index in [2.05, 4.69) is 4.72 Å². The number of aliphatic hydroxyl groups is 1. The van der Waals surface area contributed by atoms with E-state index in [9.17, 15) is 8.42 Å². The number of sulfonamides is 1. The highest BCUT2D eigenvalue weighted by Gasteiger charge is 2.26. The normalized spacial score (nSPS) is 18.8. The maximum atomic E-state index is 11.8. The molecule has 0 atom stereocenters. The van der Waals surface area contributed by atoms with Crippen LogP contribution in [-0.4, -0.2) is 45.1 Å². The number of unbranched alkanes of at least 4 members (excludes halogenated alkanes) is 2. The Bertz CT molecular complexity index is 273. The van der Waals surface area contributed by atoms with Crippen molar-refractivity contribution in [3.05, 3.63) is 0 Å². The highest BCUT2D eigenvalue weighted by molar-refractivity contribution is 7.90. The molecule has 1 saturated heterocycles. The maximum absolute atomic E-state index is 11.8. The third-order valence-electron chi connectivity index (χ3n) is 2.75. The van der Waals surface area contributed by atoms with Crippen LogP contribution in [0.15, 0.2) is 0 Å². The zero-order valence-electron chi connectivity index (χ0n) is 9.52. The molecular weight excluding hydrogens is 230 g/mol. The van der Waals surface area contributed by atoms with Crippen molar-refractivity contribution in [2.24, 2.45) is 0 Å². The van der Waals surface area contributed by atoms with Gasteiger partial charge in [0.1, 0.15) is 0 Å². The number of rotatable bonds is 7. The van der Waals surface area contributed by atoms with E-state index in [1.165, 1.54) is 0 Å². The van der Waals surface area contributed by atoms with Crippen molar-refractivity contribution in [3.8, 4) is 0 Å². The number of nitrogens with one attached hydrogen (secondary N) is 1. The van der Waals surface area contributed by atoms with Crippen LogP contribution in [0.3, 0.4) is 0 Å². The lowest BCUT2D eigenvalue weighted by Gasteiger charge is -2.22. The molecule has 96 valence electrons. The molecule has 0 aliphatic carbocycles. The summed E-state index contributed by atoms with van der Waals surface area (Å²) in [5, 5.41) is 8.28. The Morgan fingerprint density at radius 3 is 2.50 bits per heavy atom. The van der Waals surface area contributed by atoms with Crippen molar-refractivity contribution in [1.29, 1.82) is 0 Å². The van der Waals surface area contributed by atoms with Crippen LogP contribution in [0.2, 0.25) is 0 Å². The van der Waals surface area contributed by atoms with Crippen molar-refractivity contribution in [1.82, 2.24) is 4.72 Å². The summed E-state index contributed by atoms with van der Waals surface area (Å²) >= 11 is 0. The molecule has 1 rings (SSSR count). The molecule has 0 saturated carbocycles. The zero-order chi connectivity index (χ0) is 11.9. The van der Waals surface area contributed by atoms with Crippen molar-refractivity contribution in [2.45, 2.75) is 37.4 Å². The standard InChI is InChI=1S/C10H21NO4S/c12-7-3-1-2-6-11-16(13,14)10-4-8-15-9-5-10/h10-12H,1-9H2. The minimum absolute atomic E-state index is 0.173. The molecule has 0 unspecified atom stereocenters. The third-order valence-corrected chi connectivity index (χ3v) is 4.70. The molecule has 5 nitrogen and oxygen atoms in total.